The van der Waals surface area contributed by atoms with Gasteiger partial charge in [-0.15, -0.1) is 0 Å². The summed E-state index contributed by atoms with van der Waals surface area (Å²) in [5.41, 5.74) is -0.200. The van der Waals surface area contributed by atoms with E-state index in [-0.39, 0.29) is 23.5 Å². The molecule has 0 atom stereocenters. The normalized spacial score (nSPS) is 10.4. The first-order valence-electron chi connectivity index (χ1n) is 5.49. The zero-order valence-electron chi connectivity index (χ0n) is 10.0. The number of furan rings is 1. The van der Waals surface area contributed by atoms with E-state index in [2.05, 4.69) is 0 Å². The monoisotopic (exact) mass is 278 g/mol. The van der Waals surface area contributed by atoms with Gasteiger partial charge in [-0.2, -0.15) is 0 Å². The number of hydrogen-bond donors (Lipinski definition) is 4. The standard InChI is InChI=1S/C13H10O7/c14-8-3-2-7(11(16)12(8)17)9(15)5-6-1-4-10(20-6)13(18)19/h1-4,14,16-17H,5H2,(H,18,19). The zero-order valence-corrected chi connectivity index (χ0v) is 10.0. The van der Waals surface area contributed by atoms with E-state index in [0.29, 0.717) is 0 Å². The average molecular weight is 278 g/mol. The maximum atomic E-state index is 11.9. The quantitative estimate of drug-likeness (QED) is 0.493. The van der Waals surface area contributed by atoms with E-state index in [1.165, 1.54) is 12.1 Å². The second kappa shape index (κ2) is 4.96. The zero-order chi connectivity index (χ0) is 14.9. The molecule has 104 valence electrons. The number of carboxylic acid groups (broad SMARTS) is 1. The summed E-state index contributed by atoms with van der Waals surface area (Å²) in [6.07, 6.45) is -0.287. The highest BCUT2D eigenvalue weighted by Crippen LogP contribution is 2.37. The molecule has 0 aliphatic heterocycles. The molecule has 1 heterocycles. The fourth-order valence-electron chi connectivity index (χ4n) is 1.64. The summed E-state index contributed by atoms with van der Waals surface area (Å²) in [7, 11) is 0. The topological polar surface area (TPSA) is 128 Å². The highest BCUT2D eigenvalue weighted by atomic mass is 16.4. The number of aromatic hydroxyl groups is 3. The fourth-order valence-corrected chi connectivity index (χ4v) is 1.64. The lowest BCUT2D eigenvalue weighted by Crippen LogP contribution is -2.03. The summed E-state index contributed by atoms with van der Waals surface area (Å²) < 4.78 is 4.92. The minimum atomic E-state index is -1.26. The van der Waals surface area contributed by atoms with Gasteiger partial charge in [-0.05, 0) is 24.3 Å². The number of carbonyl (C=O) groups is 2. The molecule has 7 heteroatoms. The molecule has 0 amide bonds. The van der Waals surface area contributed by atoms with E-state index < -0.39 is 29.0 Å². The lowest BCUT2D eigenvalue weighted by molar-refractivity contribution is 0.0658. The number of rotatable bonds is 4. The molecule has 1 aromatic heterocycles. The Morgan fingerprint density at radius 2 is 1.70 bits per heavy atom. The molecular formula is C13H10O7. The van der Waals surface area contributed by atoms with E-state index in [4.69, 9.17) is 14.6 Å². The molecule has 0 bridgehead atoms. The van der Waals surface area contributed by atoms with Crippen molar-refractivity contribution in [3.8, 4) is 17.2 Å². The molecular weight excluding hydrogens is 268 g/mol. The van der Waals surface area contributed by atoms with E-state index in [0.717, 1.165) is 12.1 Å². The molecule has 0 fully saturated rings. The van der Waals surface area contributed by atoms with Crippen LogP contribution in [0.3, 0.4) is 0 Å². The Hall–Kier alpha value is -2.96. The predicted molar refractivity (Wildman–Crippen MR) is 65.1 cm³/mol. The van der Waals surface area contributed by atoms with Crippen molar-refractivity contribution in [1.29, 1.82) is 0 Å². The SMILES string of the molecule is O=C(O)c1ccc(CC(=O)c2ccc(O)c(O)c2O)o1. The van der Waals surface area contributed by atoms with Crippen molar-refractivity contribution >= 4 is 11.8 Å². The molecule has 0 spiro atoms. The Labute approximate surface area is 112 Å². The number of Topliss-reactive ketones (excluding diaryl/α,β-unsaturated/α-hetero) is 1. The number of carbonyl (C=O) groups excluding carboxylic acids is 1. The Balaban J connectivity index is 2.24. The first-order chi connectivity index (χ1) is 9.40. The van der Waals surface area contributed by atoms with Crippen LogP contribution in [0.2, 0.25) is 0 Å². The minimum absolute atomic E-state index is 0.111. The highest BCUT2D eigenvalue weighted by molar-refractivity contribution is 6.00. The van der Waals surface area contributed by atoms with E-state index in [9.17, 15) is 19.8 Å². The summed E-state index contributed by atoms with van der Waals surface area (Å²) in [6, 6.07) is 4.75. The lowest BCUT2D eigenvalue weighted by Gasteiger charge is -2.05. The van der Waals surface area contributed by atoms with Crippen molar-refractivity contribution in [1.82, 2.24) is 0 Å². The minimum Gasteiger partial charge on any atom is -0.504 e. The van der Waals surface area contributed by atoms with Crippen LogP contribution in [-0.2, 0) is 6.42 Å². The van der Waals surface area contributed by atoms with Crippen molar-refractivity contribution in [3.05, 3.63) is 41.3 Å². The lowest BCUT2D eigenvalue weighted by atomic mass is 10.1. The number of aromatic carboxylic acids is 1. The van der Waals surface area contributed by atoms with Crippen molar-refractivity contribution in [2.75, 3.05) is 0 Å². The molecule has 7 nitrogen and oxygen atoms in total. The molecule has 4 N–H and O–H groups in total. The number of benzene rings is 1. The van der Waals surface area contributed by atoms with Crippen molar-refractivity contribution in [2.24, 2.45) is 0 Å². The summed E-state index contributed by atoms with van der Waals surface area (Å²) >= 11 is 0. The van der Waals surface area contributed by atoms with Crippen LogP contribution in [0.1, 0.15) is 26.7 Å². The second-order valence-corrected chi connectivity index (χ2v) is 4.00. The number of phenols is 3. The maximum absolute atomic E-state index is 11.9. The Morgan fingerprint density at radius 3 is 2.30 bits per heavy atom. The van der Waals surface area contributed by atoms with Crippen molar-refractivity contribution < 1.29 is 34.4 Å². The van der Waals surface area contributed by atoms with Crippen LogP contribution in [0, 0.1) is 0 Å². The number of phenolic OH excluding ortho intramolecular Hbond substituents is 3. The van der Waals surface area contributed by atoms with E-state index in [1.54, 1.807) is 0 Å². The molecule has 20 heavy (non-hydrogen) atoms. The van der Waals surface area contributed by atoms with Gasteiger partial charge in [0.25, 0.3) is 0 Å². The third kappa shape index (κ3) is 2.41. The first kappa shape index (κ1) is 13.5. The van der Waals surface area contributed by atoms with Gasteiger partial charge in [0.05, 0.1) is 12.0 Å². The number of carboxylic acids is 1. The van der Waals surface area contributed by atoms with E-state index >= 15 is 0 Å². The summed E-state index contributed by atoms with van der Waals surface area (Å²) in [5, 5.41) is 36.7. The Morgan fingerprint density at radius 1 is 1.00 bits per heavy atom. The van der Waals surface area contributed by atoms with Crippen LogP contribution in [0.4, 0.5) is 0 Å². The van der Waals surface area contributed by atoms with E-state index in [1.807, 2.05) is 0 Å². The summed E-state index contributed by atoms with van der Waals surface area (Å²) in [4.78, 5) is 22.5. The molecule has 1 aromatic carbocycles. The molecule has 0 saturated heterocycles. The van der Waals surface area contributed by atoms with Gasteiger partial charge in [-0.25, -0.2) is 4.79 Å². The van der Waals surface area contributed by atoms with Gasteiger partial charge < -0.3 is 24.8 Å². The van der Waals surface area contributed by atoms with Gasteiger partial charge in [0.15, 0.2) is 17.3 Å². The maximum Gasteiger partial charge on any atom is 0.371 e. The van der Waals surface area contributed by atoms with Crippen molar-refractivity contribution in [2.45, 2.75) is 6.42 Å². The van der Waals surface area contributed by atoms with Crippen molar-refractivity contribution in [3.63, 3.8) is 0 Å². The van der Waals surface area contributed by atoms with Crippen LogP contribution in [-0.4, -0.2) is 32.2 Å². The molecule has 0 aliphatic rings. The smallest absolute Gasteiger partial charge is 0.371 e. The van der Waals surface area contributed by atoms with Crippen LogP contribution in [0.15, 0.2) is 28.7 Å². The summed E-state index contributed by atoms with van der Waals surface area (Å²) in [5.74, 6) is -4.12. The average Bonchev–Trinajstić information content (AvgIpc) is 2.84. The van der Waals surface area contributed by atoms with Gasteiger partial charge in [0, 0.05) is 0 Å². The van der Waals surface area contributed by atoms with Crippen LogP contribution in [0.5, 0.6) is 17.2 Å². The second-order valence-electron chi connectivity index (χ2n) is 4.00. The molecule has 2 rings (SSSR count). The van der Waals surface area contributed by atoms with Crippen LogP contribution >= 0.6 is 0 Å². The van der Waals surface area contributed by atoms with Gasteiger partial charge in [0.2, 0.25) is 11.5 Å². The van der Waals surface area contributed by atoms with Gasteiger partial charge in [0.1, 0.15) is 5.76 Å². The molecule has 0 unspecified atom stereocenters. The molecule has 0 aliphatic carbocycles. The molecule has 0 radical (unpaired) electrons. The predicted octanol–water partition coefficient (Wildman–Crippen LogP) is 1.52. The Bertz CT molecular complexity index is 684. The van der Waals surface area contributed by atoms with Crippen LogP contribution < -0.4 is 0 Å². The highest BCUT2D eigenvalue weighted by Gasteiger charge is 2.19. The largest absolute Gasteiger partial charge is 0.504 e. The Kier molecular flexibility index (Phi) is 3.34. The number of hydrogen-bond acceptors (Lipinski definition) is 6. The summed E-state index contributed by atoms with van der Waals surface area (Å²) in [6.45, 7) is 0. The molecule has 2 aromatic rings. The van der Waals surface area contributed by atoms with Gasteiger partial charge >= 0.3 is 5.97 Å². The molecule has 0 saturated carbocycles. The van der Waals surface area contributed by atoms with Gasteiger partial charge in [-0.3, -0.25) is 4.79 Å². The third-order valence-corrected chi connectivity index (χ3v) is 2.64. The third-order valence-electron chi connectivity index (χ3n) is 2.64. The first-order valence-corrected chi connectivity index (χ1v) is 5.49. The number of ketones is 1. The van der Waals surface area contributed by atoms with Crippen LogP contribution in [0.25, 0.3) is 0 Å². The van der Waals surface area contributed by atoms with Gasteiger partial charge in [-0.1, -0.05) is 0 Å². The fraction of sp³-hybridized carbons (Fsp3) is 0.0769.